The number of carbonyl (C=O) groups excluding carboxylic acids is 1. The highest BCUT2D eigenvalue weighted by atomic mass is 35.5. The third-order valence-corrected chi connectivity index (χ3v) is 5.48. The van der Waals surface area contributed by atoms with Gasteiger partial charge in [-0.1, -0.05) is 35.9 Å². The van der Waals surface area contributed by atoms with E-state index in [2.05, 4.69) is 15.4 Å². The van der Waals surface area contributed by atoms with Gasteiger partial charge in [-0.05, 0) is 30.7 Å². The minimum absolute atomic E-state index is 0.136. The smallest absolute Gasteiger partial charge is 0.294 e. The van der Waals surface area contributed by atoms with Crippen molar-refractivity contribution in [3.05, 3.63) is 115 Å². The molecule has 0 spiro atoms. The summed E-state index contributed by atoms with van der Waals surface area (Å²) in [6.07, 6.45) is 3.33. The number of para-hydroxylation sites is 2. The van der Waals surface area contributed by atoms with Crippen LogP contribution in [0.15, 0.2) is 71.8 Å². The lowest BCUT2D eigenvalue weighted by Gasteiger charge is -2.19. The molecule has 1 unspecified atom stereocenters. The molecule has 2 aromatic carbocycles. The Labute approximate surface area is 198 Å². The molecule has 0 bridgehead atoms. The number of nitro groups is 1. The van der Waals surface area contributed by atoms with Crippen LogP contribution in [0.2, 0.25) is 5.02 Å². The van der Waals surface area contributed by atoms with Gasteiger partial charge in [-0.15, -0.1) is 0 Å². The molecule has 0 aliphatic rings. The normalized spacial score (nSPS) is 11.7. The molecule has 172 valence electrons. The van der Waals surface area contributed by atoms with Crippen molar-refractivity contribution in [3.8, 4) is 5.69 Å². The second-order valence-electron chi connectivity index (χ2n) is 7.51. The summed E-state index contributed by atoms with van der Waals surface area (Å²) >= 11 is 6.01. The first-order valence-corrected chi connectivity index (χ1v) is 10.5. The minimum Gasteiger partial charge on any atom is -0.336 e. The summed E-state index contributed by atoms with van der Waals surface area (Å²) < 4.78 is 2.96. The predicted molar refractivity (Wildman–Crippen MR) is 125 cm³/mol. The minimum atomic E-state index is -0.750. The van der Waals surface area contributed by atoms with Crippen LogP contribution in [0.3, 0.4) is 0 Å². The summed E-state index contributed by atoms with van der Waals surface area (Å²) in [7, 11) is 1.78. The molecule has 0 saturated carbocycles. The number of nitrogens with zero attached hydrogens (tertiary/aromatic N) is 5. The van der Waals surface area contributed by atoms with Gasteiger partial charge in [-0.2, -0.15) is 5.10 Å². The van der Waals surface area contributed by atoms with Crippen molar-refractivity contribution in [2.45, 2.75) is 13.0 Å². The van der Waals surface area contributed by atoms with Crippen LogP contribution in [0.25, 0.3) is 5.69 Å². The maximum atomic E-state index is 13.3. The molecular weight excluding hydrogens is 460 g/mol. The molecule has 10 nitrogen and oxygen atoms in total. The first kappa shape index (κ1) is 22.9. The standard InChI is InChI=1S/C23H19ClN6O4/c1-14-13-19(31)21(27-29(14)17-5-3-4-6-18(17)30(33)34)23(32)26-20(22-25-11-12-28(22)2)15-7-9-16(24)10-8-15/h3-13,20H,1-2H3,(H,26,32). The highest BCUT2D eigenvalue weighted by molar-refractivity contribution is 6.30. The molecule has 0 radical (unpaired) electrons. The van der Waals surface area contributed by atoms with Crippen LogP contribution in [0.4, 0.5) is 5.69 Å². The van der Waals surface area contributed by atoms with E-state index in [0.717, 1.165) is 0 Å². The number of hydrogen-bond acceptors (Lipinski definition) is 6. The molecule has 1 N–H and O–H groups in total. The number of halogens is 1. The summed E-state index contributed by atoms with van der Waals surface area (Å²) in [5, 5.41) is 19.0. The Morgan fingerprint density at radius 3 is 2.53 bits per heavy atom. The quantitative estimate of drug-likeness (QED) is 0.334. The Morgan fingerprint density at radius 2 is 1.88 bits per heavy atom. The Morgan fingerprint density at radius 1 is 1.18 bits per heavy atom. The zero-order valence-corrected chi connectivity index (χ0v) is 18.9. The van der Waals surface area contributed by atoms with Gasteiger partial charge < -0.3 is 9.88 Å². The SMILES string of the molecule is Cc1cc(=O)c(C(=O)NC(c2ccc(Cl)cc2)c2nccn2C)nn1-c1ccccc1[N+](=O)[O-]. The molecule has 11 heteroatoms. The van der Waals surface area contributed by atoms with Gasteiger partial charge in [0.15, 0.2) is 5.69 Å². The number of aromatic nitrogens is 4. The lowest BCUT2D eigenvalue weighted by atomic mass is 10.1. The fraction of sp³-hybridized carbons (Fsp3) is 0.130. The highest BCUT2D eigenvalue weighted by Gasteiger charge is 2.25. The number of rotatable bonds is 6. The molecule has 1 atom stereocenters. The Kier molecular flexibility index (Phi) is 6.24. The highest BCUT2D eigenvalue weighted by Crippen LogP contribution is 2.24. The molecule has 4 rings (SSSR count). The van der Waals surface area contributed by atoms with Gasteiger partial charge in [-0.25, -0.2) is 9.67 Å². The van der Waals surface area contributed by atoms with Crippen molar-refractivity contribution in [1.82, 2.24) is 24.6 Å². The second-order valence-corrected chi connectivity index (χ2v) is 7.95. The number of hydrogen-bond donors (Lipinski definition) is 1. The van der Waals surface area contributed by atoms with E-state index < -0.39 is 28.0 Å². The summed E-state index contributed by atoms with van der Waals surface area (Å²) in [6.45, 7) is 1.58. The zero-order valence-electron chi connectivity index (χ0n) is 18.2. The van der Waals surface area contributed by atoms with Gasteiger partial charge in [0.2, 0.25) is 5.43 Å². The molecule has 2 aromatic heterocycles. The average molecular weight is 479 g/mol. The van der Waals surface area contributed by atoms with Crippen molar-refractivity contribution in [1.29, 1.82) is 0 Å². The van der Waals surface area contributed by atoms with E-state index >= 15 is 0 Å². The summed E-state index contributed by atoms with van der Waals surface area (Å²) in [6, 6.07) is 13.3. The molecule has 1 amide bonds. The molecular formula is C23H19ClN6O4. The maximum Gasteiger partial charge on any atom is 0.294 e. The predicted octanol–water partition coefficient (Wildman–Crippen LogP) is 3.36. The average Bonchev–Trinajstić information content (AvgIpc) is 3.23. The lowest BCUT2D eigenvalue weighted by Crippen LogP contribution is -2.36. The third kappa shape index (κ3) is 4.44. The van der Waals surface area contributed by atoms with E-state index in [9.17, 15) is 19.7 Å². The summed E-state index contributed by atoms with van der Waals surface area (Å²) in [4.78, 5) is 41.2. The molecule has 0 aliphatic carbocycles. The van der Waals surface area contributed by atoms with Gasteiger partial charge in [0.1, 0.15) is 17.6 Å². The van der Waals surface area contributed by atoms with Gasteiger partial charge in [0.25, 0.3) is 11.6 Å². The van der Waals surface area contributed by atoms with Crippen molar-refractivity contribution in [3.63, 3.8) is 0 Å². The summed E-state index contributed by atoms with van der Waals surface area (Å²) in [5.74, 6) is -0.220. The van der Waals surface area contributed by atoms with Crippen LogP contribution in [0.1, 0.15) is 33.6 Å². The molecule has 2 heterocycles. The van der Waals surface area contributed by atoms with Gasteiger partial charge in [-0.3, -0.25) is 19.7 Å². The maximum absolute atomic E-state index is 13.3. The number of benzene rings is 2. The number of carbonyl (C=O) groups is 1. The zero-order chi connectivity index (χ0) is 24.4. The van der Waals surface area contributed by atoms with Crippen LogP contribution in [0, 0.1) is 17.0 Å². The first-order chi connectivity index (χ1) is 16.3. The van der Waals surface area contributed by atoms with E-state index in [1.54, 1.807) is 61.3 Å². The van der Waals surface area contributed by atoms with Crippen molar-refractivity contribution >= 4 is 23.2 Å². The largest absolute Gasteiger partial charge is 0.336 e. The second kappa shape index (κ2) is 9.28. The van der Waals surface area contributed by atoms with Crippen LogP contribution in [-0.4, -0.2) is 30.2 Å². The van der Waals surface area contributed by atoms with E-state index in [0.29, 0.717) is 22.1 Å². The van der Waals surface area contributed by atoms with Crippen molar-refractivity contribution < 1.29 is 9.72 Å². The number of imidazole rings is 1. The first-order valence-electron chi connectivity index (χ1n) is 10.1. The Bertz CT molecular complexity index is 1440. The molecule has 4 aromatic rings. The Hall–Kier alpha value is -4.31. The van der Waals surface area contributed by atoms with Crippen LogP contribution in [-0.2, 0) is 7.05 Å². The third-order valence-electron chi connectivity index (χ3n) is 5.22. The Balaban J connectivity index is 1.77. The van der Waals surface area contributed by atoms with E-state index in [-0.39, 0.29) is 11.4 Å². The lowest BCUT2D eigenvalue weighted by molar-refractivity contribution is -0.384. The fourth-order valence-corrected chi connectivity index (χ4v) is 3.68. The van der Waals surface area contributed by atoms with Crippen molar-refractivity contribution in [2.75, 3.05) is 0 Å². The molecule has 0 aliphatic heterocycles. The molecule has 0 fully saturated rings. The molecule has 34 heavy (non-hydrogen) atoms. The monoisotopic (exact) mass is 478 g/mol. The summed E-state index contributed by atoms with van der Waals surface area (Å²) in [5.41, 5.74) is -0.0543. The topological polar surface area (TPSA) is 125 Å². The van der Waals surface area contributed by atoms with E-state index in [1.807, 2.05) is 0 Å². The number of nitro benzene ring substituents is 1. The van der Waals surface area contributed by atoms with Crippen LogP contribution in [0.5, 0.6) is 0 Å². The van der Waals surface area contributed by atoms with Crippen molar-refractivity contribution in [2.24, 2.45) is 7.05 Å². The van der Waals surface area contributed by atoms with Gasteiger partial charge in [0, 0.05) is 42.3 Å². The van der Waals surface area contributed by atoms with Gasteiger partial charge in [0.05, 0.1) is 4.92 Å². The van der Waals surface area contributed by atoms with E-state index in [1.165, 1.54) is 28.9 Å². The number of aryl methyl sites for hydroxylation is 2. The number of nitrogens with one attached hydrogen (secondary N) is 1. The van der Waals surface area contributed by atoms with Crippen LogP contribution >= 0.6 is 11.6 Å². The molecule has 0 saturated heterocycles. The number of amides is 1. The van der Waals surface area contributed by atoms with Gasteiger partial charge >= 0.3 is 0 Å². The fourth-order valence-electron chi connectivity index (χ4n) is 3.55. The van der Waals surface area contributed by atoms with E-state index in [4.69, 9.17) is 11.6 Å². The van der Waals surface area contributed by atoms with Crippen LogP contribution < -0.4 is 10.7 Å².